The number of aliphatic carboxylic acids is 1. The summed E-state index contributed by atoms with van der Waals surface area (Å²) in [7, 11) is 0. The average molecular weight is 511 g/mol. The largest absolute Gasteiger partial charge is 0.480 e. The molecule has 2 amide bonds. The molecular weight excluding hydrogens is 476 g/mol. The highest BCUT2D eigenvalue weighted by Crippen LogP contribution is 2.44. The maximum absolute atomic E-state index is 12.9. The van der Waals surface area contributed by atoms with E-state index in [1.807, 2.05) is 48.5 Å². The number of hydrogen-bond donors (Lipinski definition) is 3. The van der Waals surface area contributed by atoms with Crippen molar-refractivity contribution in [3.8, 4) is 11.1 Å². The molecule has 9 nitrogen and oxygen atoms in total. The third-order valence-electron chi connectivity index (χ3n) is 5.97. The summed E-state index contributed by atoms with van der Waals surface area (Å²) >= 11 is 0. The standard InChI is InChI=1S/C28H34N2O7/c1-16(2)24(26(33)34)30-25(32)22(14-23(31)37-28(3,4)5)29-27(35)36-15-21-19-12-8-6-10-17(19)18-11-7-9-13-20(18)21/h6-13,16,21-22,24H,14-15H2,1-5H3,(H,29,35)(H,30,32)(H,33,34)/t22-,24-/m0/s1. The number of amides is 2. The molecule has 0 aliphatic heterocycles. The first-order valence-electron chi connectivity index (χ1n) is 12.2. The van der Waals surface area contributed by atoms with Crippen LogP contribution in [0.1, 0.15) is 58.1 Å². The Hall–Kier alpha value is -3.88. The van der Waals surface area contributed by atoms with Gasteiger partial charge >= 0.3 is 18.0 Å². The summed E-state index contributed by atoms with van der Waals surface area (Å²) in [4.78, 5) is 49.7. The van der Waals surface area contributed by atoms with Gasteiger partial charge in [0.2, 0.25) is 5.91 Å². The minimum absolute atomic E-state index is 0.0182. The van der Waals surface area contributed by atoms with Gasteiger partial charge in [-0.25, -0.2) is 9.59 Å². The molecule has 9 heteroatoms. The van der Waals surface area contributed by atoms with Crippen LogP contribution in [-0.2, 0) is 23.9 Å². The SMILES string of the molecule is CC(C)[C@H](NC(=O)[C@H](CC(=O)OC(C)(C)C)NC(=O)OCC1c2ccccc2-c2ccccc21)C(=O)O. The molecule has 0 saturated carbocycles. The molecule has 2 atom stereocenters. The van der Waals surface area contributed by atoms with Crippen LogP contribution in [0.5, 0.6) is 0 Å². The quantitative estimate of drug-likeness (QED) is 0.437. The van der Waals surface area contributed by atoms with Crippen LogP contribution < -0.4 is 10.6 Å². The van der Waals surface area contributed by atoms with E-state index in [1.54, 1.807) is 34.6 Å². The van der Waals surface area contributed by atoms with Crippen molar-refractivity contribution in [1.82, 2.24) is 10.6 Å². The topological polar surface area (TPSA) is 131 Å². The molecule has 3 rings (SSSR count). The van der Waals surface area contributed by atoms with Crippen molar-refractivity contribution in [3.63, 3.8) is 0 Å². The molecule has 0 fully saturated rings. The summed E-state index contributed by atoms with van der Waals surface area (Å²) in [5.74, 6) is -3.37. The first-order valence-corrected chi connectivity index (χ1v) is 12.2. The fourth-order valence-corrected chi connectivity index (χ4v) is 4.31. The van der Waals surface area contributed by atoms with Gasteiger partial charge in [-0.2, -0.15) is 0 Å². The van der Waals surface area contributed by atoms with E-state index in [9.17, 15) is 24.3 Å². The van der Waals surface area contributed by atoms with Gasteiger partial charge in [0.25, 0.3) is 0 Å². The predicted molar refractivity (Wildman–Crippen MR) is 137 cm³/mol. The van der Waals surface area contributed by atoms with Crippen molar-refractivity contribution in [2.75, 3.05) is 6.61 Å². The molecule has 0 spiro atoms. The van der Waals surface area contributed by atoms with Crippen LogP contribution in [-0.4, -0.2) is 53.3 Å². The van der Waals surface area contributed by atoms with Crippen molar-refractivity contribution in [2.45, 2.75) is 64.6 Å². The lowest BCUT2D eigenvalue weighted by molar-refractivity contribution is -0.156. The average Bonchev–Trinajstić information content (AvgIpc) is 3.12. The number of carboxylic acids is 1. The molecule has 0 radical (unpaired) electrons. The van der Waals surface area contributed by atoms with Crippen molar-refractivity contribution >= 4 is 23.9 Å². The molecule has 0 unspecified atom stereocenters. The van der Waals surface area contributed by atoms with E-state index < -0.39 is 54.0 Å². The first-order chi connectivity index (χ1) is 17.4. The van der Waals surface area contributed by atoms with Gasteiger partial charge in [-0.15, -0.1) is 0 Å². The van der Waals surface area contributed by atoms with E-state index in [1.165, 1.54) is 0 Å². The third-order valence-corrected chi connectivity index (χ3v) is 5.97. The van der Waals surface area contributed by atoms with Gasteiger partial charge in [0, 0.05) is 5.92 Å². The van der Waals surface area contributed by atoms with Gasteiger partial charge in [-0.3, -0.25) is 9.59 Å². The minimum atomic E-state index is -1.38. The zero-order valence-corrected chi connectivity index (χ0v) is 21.7. The number of benzene rings is 2. The first kappa shape index (κ1) is 27.7. The lowest BCUT2D eigenvalue weighted by atomic mass is 9.98. The summed E-state index contributed by atoms with van der Waals surface area (Å²) in [6.07, 6.45) is -1.39. The molecule has 198 valence electrons. The Bertz CT molecular complexity index is 1120. The smallest absolute Gasteiger partial charge is 0.407 e. The number of alkyl carbamates (subject to hydrolysis) is 1. The molecule has 37 heavy (non-hydrogen) atoms. The number of nitrogens with one attached hydrogen (secondary N) is 2. The summed E-state index contributed by atoms with van der Waals surface area (Å²) in [6, 6.07) is 13.2. The van der Waals surface area contributed by atoms with Crippen LogP contribution in [0.15, 0.2) is 48.5 Å². The number of carboxylic acid groups (broad SMARTS) is 1. The summed E-state index contributed by atoms with van der Waals surface area (Å²) in [6.45, 7) is 8.33. The van der Waals surface area contributed by atoms with E-state index in [2.05, 4.69) is 10.6 Å². The normalized spacial score (nSPS) is 14.2. The highest BCUT2D eigenvalue weighted by Gasteiger charge is 2.33. The maximum atomic E-state index is 12.9. The van der Waals surface area contributed by atoms with E-state index in [0.29, 0.717) is 0 Å². The van der Waals surface area contributed by atoms with Gasteiger partial charge in [0.1, 0.15) is 24.3 Å². The van der Waals surface area contributed by atoms with Crippen LogP contribution >= 0.6 is 0 Å². The summed E-state index contributed by atoms with van der Waals surface area (Å²) in [5, 5.41) is 14.3. The van der Waals surface area contributed by atoms with Crippen LogP contribution in [0.2, 0.25) is 0 Å². The maximum Gasteiger partial charge on any atom is 0.407 e. The van der Waals surface area contributed by atoms with Gasteiger partial charge in [0.15, 0.2) is 0 Å². The van der Waals surface area contributed by atoms with Crippen LogP contribution in [0.3, 0.4) is 0 Å². The molecular formula is C28H34N2O7. The van der Waals surface area contributed by atoms with E-state index in [0.717, 1.165) is 22.3 Å². The molecule has 0 bridgehead atoms. The molecule has 1 aliphatic rings. The minimum Gasteiger partial charge on any atom is -0.480 e. The number of carbonyl (C=O) groups excluding carboxylic acids is 3. The van der Waals surface area contributed by atoms with E-state index >= 15 is 0 Å². The van der Waals surface area contributed by atoms with Crippen molar-refractivity contribution in [3.05, 3.63) is 59.7 Å². The third kappa shape index (κ3) is 7.09. The highest BCUT2D eigenvalue weighted by atomic mass is 16.6. The second-order valence-electron chi connectivity index (χ2n) is 10.4. The second-order valence-corrected chi connectivity index (χ2v) is 10.4. The number of esters is 1. The second kappa shape index (κ2) is 11.5. The zero-order valence-electron chi connectivity index (χ0n) is 21.7. The van der Waals surface area contributed by atoms with E-state index in [-0.39, 0.29) is 12.5 Å². The fraction of sp³-hybridized carbons (Fsp3) is 0.429. The zero-order chi connectivity index (χ0) is 27.3. The van der Waals surface area contributed by atoms with Crippen molar-refractivity contribution in [2.24, 2.45) is 5.92 Å². The lowest BCUT2D eigenvalue weighted by Crippen LogP contribution is -2.54. The molecule has 1 aliphatic carbocycles. The van der Waals surface area contributed by atoms with Crippen LogP contribution in [0, 0.1) is 5.92 Å². The Morgan fingerprint density at radius 1 is 0.919 bits per heavy atom. The lowest BCUT2D eigenvalue weighted by Gasteiger charge is -2.25. The van der Waals surface area contributed by atoms with Crippen LogP contribution in [0.25, 0.3) is 11.1 Å². The molecule has 0 saturated heterocycles. The fourth-order valence-electron chi connectivity index (χ4n) is 4.31. The monoisotopic (exact) mass is 510 g/mol. The number of fused-ring (bicyclic) bond motifs is 3. The Balaban J connectivity index is 1.72. The van der Waals surface area contributed by atoms with Gasteiger partial charge < -0.3 is 25.2 Å². The molecule has 3 N–H and O–H groups in total. The number of carbonyl (C=O) groups is 4. The molecule has 2 aromatic carbocycles. The highest BCUT2D eigenvalue weighted by molar-refractivity contribution is 5.92. The van der Waals surface area contributed by atoms with E-state index in [4.69, 9.17) is 9.47 Å². The van der Waals surface area contributed by atoms with Gasteiger partial charge in [-0.1, -0.05) is 62.4 Å². The van der Waals surface area contributed by atoms with Gasteiger partial charge in [0.05, 0.1) is 6.42 Å². The van der Waals surface area contributed by atoms with Crippen LogP contribution in [0.4, 0.5) is 4.79 Å². The molecule has 0 heterocycles. The Kier molecular flexibility index (Phi) is 8.57. The summed E-state index contributed by atoms with van der Waals surface area (Å²) < 4.78 is 10.8. The Morgan fingerprint density at radius 2 is 1.46 bits per heavy atom. The number of hydrogen-bond acceptors (Lipinski definition) is 6. The number of ether oxygens (including phenoxy) is 2. The Labute approximate surface area is 216 Å². The molecule has 0 aromatic heterocycles. The Morgan fingerprint density at radius 3 is 1.95 bits per heavy atom. The predicted octanol–water partition coefficient (Wildman–Crippen LogP) is 3.85. The summed E-state index contributed by atoms with van der Waals surface area (Å²) in [5.41, 5.74) is 3.40. The van der Waals surface area contributed by atoms with Gasteiger partial charge in [-0.05, 0) is 48.9 Å². The van der Waals surface area contributed by atoms with Crippen molar-refractivity contribution in [1.29, 1.82) is 0 Å². The number of rotatable bonds is 9. The molecule has 2 aromatic rings. The van der Waals surface area contributed by atoms with Crippen molar-refractivity contribution < 1.29 is 33.8 Å².